The lowest BCUT2D eigenvalue weighted by molar-refractivity contribution is -0.138. The van der Waals surface area contributed by atoms with Crippen molar-refractivity contribution in [3.8, 4) is 0 Å². The molecule has 0 bridgehead atoms. The van der Waals surface area contributed by atoms with E-state index in [1.807, 2.05) is 13.8 Å². The minimum atomic E-state index is -0.837. The Bertz CT molecular complexity index is 244. The molecule has 0 amide bonds. The lowest BCUT2D eigenvalue weighted by atomic mass is 10.1. The second kappa shape index (κ2) is 4.43. The smallest absolute Gasteiger partial charge is 0.303 e. The van der Waals surface area contributed by atoms with E-state index in [9.17, 15) is 9.00 Å². The Balaban J connectivity index is 2.36. The van der Waals surface area contributed by atoms with Gasteiger partial charge in [0, 0.05) is 22.3 Å². The van der Waals surface area contributed by atoms with E-state index in [0.29, 0.717) is 17.4 Å². The first-order valence-corrected chi connectivity index (χ1v) is 6.49. The van der Waals surface area contributed by atoms with E-state index in [1.165, 1.54) is 0 Å². The molecule has 0 saturated heterocycles. The molecule has 1 aliphatic rings. The first-order valence-electron chi connectivity index (χ1n) is 5.00. The van der Waals surface area contributed by atoms with Gasteiger partial charge in [0.25, 0.3) is 0 Å². The van der Waals surface area contributed by atoms with Crippen LogP contribution in [0.4, 0.5) is 0 Å². The predicted molar refractivity (Wildman–Crippen MR) is 56.6 cm³/mol. The van der Waals surface area contributed by atoms with Crippen LogP contribution < -0.4 is 0 Å². The van der Waals surface area contributed by atoms with Crippen molar-refractivity contribution in [1.82, 2.24) is 0 Å². The third-order valence-corrected chi connectivity index (χ3v) is 4.44. The van der Waals surface area contributed by atoms with Gasteiger partial charge in [-0.15, -0.1) is 0 Å². The van der Waals surface area contributed by atoms with Crippen molar-refractivity contribution in [2.45, 2.75) is 33.1 Å². The van der Waals surface area contributed by atoms with E-state index in [2.05, 4.69) is 0 Å². The highest BCUT2D eigenvalue weighted by Gasteiger charge is 2.45. The van der Waals surface area contributed by atoms with Crippen molar-refractivity contribution in [3.63, 3.8) is 0 Å². The van der Waals surface area contributed by atoms with Gasteiger partial charge < -0.3 is 5.11 Å². The van der Waals surface area contributed by atoms with Gasteiger partial charge in [-0.3, -0.25) is 9.00 Å². The van der Waals surface area contributed by atoms with E-state index < -0.39 is 16.8 Å². The third kappa shape index (κ3) is 3.78. The van der Waals surface area contributed by atoms with Gasteiger partial charge in [0.15, 0.2) is 0 Å². The number of carboxylic acids is 1. The highest BCUT2D eigenvalue weighted by Crippen LogP contribution is 2.49. The molecule has 1 atom stereocenters. The molecule has 0 aromatic carbocycles. The molecule has 82 valence electrons. The summed E-state index contributed by atoms with van der Waals surface area (Å²) in [5.74, 6) is 0.944. The highest BCUT2D eigenvalue weighted by molar-refractivity contribution is 7.85. The van der Waals surface area contributed by atoms with Crippen LogP contribution >= 0.6 is 0 Å². The van der Waals surface area contributed by atoms with Crippen LogP contribution in [-0.2, 0) is 15.6 Å². The zero-order valence-corrected chi connectivity index (χ0v) is 9.60. The lowest BCUT2D eigenvalue weighted by Crippen LogP contribution is -2.19. The van der Waals surface area contributed by atoms with Gasteiger partial charge >= 0.3 is 5.97 Å². The monoisotopic (exact) mass is 218 g/mol. The summed E-state index contributed by atoms with van der Waals surface area (Å²) in [7, 11) is -0.837. The maximum atomic E-state index is 11.6. The number of rotatable bonds is 6. The largest absolute Gasteiger partial charge is 0.481 e. The molecule has 1 N–H and O–H groups in total. The maximum absolute atomic E-state index is 11.6. The quantitative estimate of drug-likeness (QED) is 0.737. The summed E-state index contributed by atoms with van der Waals surface area (Å²) in [6.45, 7) is 4.07. The minimum absolute atomic E-state index is 0.119. The Morgan fingerprint density at radius 1 is 1.50 bits per heavy atom. The Morgan fingerprint density at radius 2 is 2.07 bits per heavy atom. The standard InChI is InChI=1S/C10H18O3S/c1-8(2)6-14(13)7-10(3-4-10)5-9(11)12/h8H,3-7H2,1-2H3,(H,11,12). The molecular weight excluding hydrogens is 200 g/mol. The molecule has 3 nitrogen and oxygen atoms in total. The second-order valence-corrected chi connectivity index (χ2v) is 6.22. The molecule has 0 aliphatic heterocycles. The summed E-state index contributed by atoms with van der Waals surface area (Å²) in [6.07, 6.45) is 2.06. The Kier molecular flexibility index (Phi) is 3.70. The summed E-state index contributed by atoms with van der Waals surface area (Å²) < 4.78 is 11.6. The Labute approximate surface area is 87.3 Å². The zero-order valence-electron chi connectivity index (χ0n) is 8.78. The molecule has 1 rings (SSSR count). The lowest BCUT2D eigenvalue weighted by Gasteiger charge is -2.12. The average Bonchev–Trinajstić information content (AvgIpc) is 2.63. The highest BCUT2D eigenvalue weighted by atomic mass is 32.2. The molecule has 14 heavy (non-hydrogen) atoms. The van der Waals surface area contributed by atoms with E-state index in [-0.39, 0.29) is 11.8 Å². The summed E-state index contributed by atoms with van der Waals surface area (Å²) >= 11 is 0. The van der Waals surface area contributed by atoms with Gasteiger partial charge in [0.2, 0.25) is 0 Å². The van der Waals surface area contributed by atoms with Gasteiger partial charge in [0.05, 0.1) is 6.42 Å². The maximum Gasteiger partial charge on any atom is 0.303 e. The fourth-order valence-corrected chi connectivity index (χ4v) is 3.58. The summed E-state index contributed by atoms with van der Waals surface area (Å²) in [5.41, 5.74) is -0.119. The number of hydrogen-bond donors (Lipinski definition) is 1. The van der Waals surface area contributed by atoms with Crippen LogP contribution in [0.15, 0.2) is 0 Å². The minimum Gasteiger partial charge on any atom is -0.481 e. The molecule has 1 aliphatic carbocycles. The van der Waals surface area contributed by atoms with Crippen molar-refractivity contribution in [2.24, 2.45) is 11.3 Å². The van der Waals surface area contributed by atoms with Crippen LogP contribution in [0.2, 0.25) is 0 Å². The Hall–Kier alpha value is -0.380. The number of carboxylic acid groups (broad SMARTS) is 1. The van der Waals surface area contributed by atoms with Crippen LogP contribution in [0, 0.1) is 11.3 Å². The SMILES string of the molecule is CC(C)CS(=O)CC1(CC(=O)O)CC1. The average molecular weight is 218 g/mol. The second-order valence-electron chi connectivity index (χ2n) is 4.72. The van der Waals surface area contributed by atoms with E-state index in [1.54, 1.807) is 0 Å². The van der Waals surface area contributed by atoms with Crippen molar-refractivity contribution in [3.05, 3.63) is 0 Å². The van der Waals surface area contributed by atoms with E-state index in [4.69, 9.17) is 5.11 Å². The fourth-order valence-electron chi connectivity index (χ4n) is 1.64. The number of hydrogen-bond acceptors (Lipinski definition) is 2. The van der Waals surface area contributed by atoms with Crippen LogP contribution in [0.3, 0.4) is 0 Å². The molecule has 0 radical (unpaired) electrons. The van der Waals surface area contributed by atoms with Crippen LogP contribution in [0.1, 0.15) is 33.1 Å². The number of carbonyl (C=O) groups is 1. The first kappa shape index (κ1) is 11.7. The summed E-state index contributed by atoms with van der Waals surface area (Å²) in [4.78, 5) is 10.6. The summed E-state index contributed by atoms with van der Waals surface area (Å²) in [5, 5.41) is 8.68. The van der Waals surface area contributed by atoms with Crippen LogP contribution in [0.25, 0.3) is 0 Å². The van der Waals surface area contributed by atoms with Crippen LogP contribution in [0.5, 0.6) is 0 Å². The van der Waals surface area contributed by atoms with Crippen molar-refractivity contribution < 1.29 is 14.1 Å². The molecule has 0 aromatic rings. The van der Waals surface area contributed by atoms with Crippen LogP contribution in [-0.4, -0.2) is 26.8 Å². The first-order chi connectivity index (χ1) is 6.43. The van der Waals surface area contributed by atoms with Gasteiger partial charge in [-0.1, -0.05) is 13.8 Å². The van der Waals surface area contributed by atoms with E-state index >= 15 is 0 Å². The van der Waals surface area contributed by atoms with Gasteiger partial charge in [-0.2, -0.15) is 0 Å². The molecule has 1 fully saturated rings. The summed E-state index contributed by atoms with van der Waals surface area (Å²) in [6, 6.07) is 0. The van der Waals surface area contributed by atoms with Crippen molar-refractivity contribution in [2.75, 3.05) is 11.5 Å². The topological polar surface area (TPSA) is 54.4 Å². The number of aliphatic carboxylic acids is 1. The molecule has 4 heteroatoms. The molecule has 0 spiro atoms. The molecule has 0 heterocycles. The van der Waals surface area contributed by atoms with Crippen molar-refractivity contribution >= 4 is 16.8 Å². The third-order valence-electron chi connectivity index (χ3n) is 2.47. The molecule has 1 saturated carbocycles. The molecule has 1 unspecified atom stereocenters. The van der Waals surface area contributed by atoms with Gasteiger partial charge in [-0.05, 0) is 24.2 Å². The van der Waals surface area contributed by atoms with Gasteiger partial charge in [-0.25, -0.2) is 0 Å². The van der Waals surface area contributed by atoms with Gasteiger partial charge in [0.1, 0.15) is 0 Å². The van der Waals surface area contributed by atoms with E-state index in [0.717, 1.165) is 12.8 Å². The molecule has 0 aromatic heterocycles. The van der Waals surface area contributed by atoms with Crippen molar-refractivity contribution in [1.29, 1.82) is 0 Å². The Morgan fingerprint density at radius 3 is 2.43 bits per heavy atom. The fraction of sp³-hybridized carbons (Fsp3) is 0.900. The normalized spacial score (nSPS) is 20.8. The molecular formula is C10H18O3S. The predicted octanol–water partition coefficient (Wildman–Crippen LogP) is 1.65. The zero-order chi connectivity index (χ0) is 10.8.